The summed E-state index contributed by atoms with van der Waals surface area (Å²) in [6.07, 6.45) is 1.26. The largest absolute Gasteiger partial charge is 0.379 e. The molecule has 0 aromatic carbocycles. The Morgan fingerprint density at radius 2 is 1.78 bits per heavy atom. The summed E-state index contributed by atoms with van der Waals surface area (Å²) in [5.41, 5.74) is 0.237. The standard InChI is InChI=1S/C14H29N3O/c1-13-4-5-17(12-14(2,3)15-13)7-6-16-8-10-18-11-9-16/h13,15H,4-12H2,1-3H3. The molecule has 2 aliphatic heterocycles. The third-order valence-corrected chi connectivity index (χ3v) is 3.97. The van der Waals surface area contributed by atoms with Crippen LogP contribution in [0.1, 0.15) is 27.2 Å². The van der Waals surface area contributed by atoms with Crippen molar-refractivity contribution in [2.45, 2.75) is 38.8 Å². The highest BCUT2D eigenvalue weighted by Gasteiger charge is 2.27. The molecule has 2 heterocycles. The van der Waals surface area contributed by atoms with Gasteiger partial charge in [-0.1, -0.05) is 0 Å². The zero-order valence-electron chi connectivity index (χ0n) is 12.2. The van der Waals surface area contributed by atoms with Gasteiger partial charge in [0.2, 0.25) is 0 Å². The maximum atomic E-state index is 5.39. The van der Waals surface area contributed by atoms with Gasteiger partial charge >= 0.3 is 0 Å². The predicted octanol–water partition coefficient (Wildman–Crippen LogP) is 0.781. The van der Waals surface area contributed by atoms with Gasteiger partial charge in [-0.15, -0.1) is 0 Å². The second kappa shape index (κ2) is 6.33. The van der Waals surface area contributed by atoms with E-state index >= 15 is 0 Å². The number of hydrogen-bond acceptors (Lipinski definition) is 4. The molecule has 1 atom stereocenters. The summed E-state index contributed by atoms with van der Waals surface area (Å²) >= 11 is 0. The third-order valence-electron chi connectivity index (χ3n) is 3.97. The van der Waals surface area contributed by atoms with Crippen molar-refractivity contribution in [2.24, 2.45) is 0 Å². The van der Waals surface area contributed by atoms with Crippen LogP contribution in [0.2, 0.25) is 0 Å². The lowest BCUT2D eigenvalue weighted by molar-refractivity contribution is 0.0327. The van der Waals surface area contributed by atoms with Crippen molar-refractivity contribution >= 4 is 0 Å². The van der Waals surface area contributed by atoms with Crippen LogP contribution in [0, 0.1) is 0 Å². The lowest BCUT2D eigenvalue weighted by Crippen LogP contribution is -2.50. The Labute approximate surface area is 112 Å². The minimum absolute atomic E-state index is 0.237. The van der Waals surface area contributed by atoms with Gasteiger partial charge in [-0.25, -0.2) is 0 Å². The Morgan fingerprint density at radius 1 is 1.11 bits per heavy atom. The van der Waals surface area contributed by atoms with Crippen LogP contribution in [0.4, 0.5) is 0 Å². The van der Waals surface area contributed by atoms with Crippen LogP contribution in [0.15, 0.2) is 0 Å². The van der Waals surface area contributed by atoms with Crippen molar-refractivity contribution in [3.8, 4) is 0 Å². The van der Waals surface area contributed by atoms with Crippen LogP contribution >= 0.6 is 0 Å². The maximum absolute atomic E-state index is 5.39. The fourth-order valence-electron chi connectivity index (χ4n) is 3.10. The monoisotopic (exact) mass is 255 g/mol. The molecule has 0 amide bonds. The van der Waals surface area contributed by atoms with Gasteiger partial charge in [-0.2, -0.15) is 0 Å². The molecule has 4 heteroatoms. The van der Waals surface area contributed by atoms with E-state index in [1.165, 1.54) is 26.1 Å². The van der Waals surface area contributed by atoms with Crippen LogP contribution in [0.3, 0.4) is 0 Å². The number of nitrogens with one attached hydrogen (secondary N) is 1. The molecule has 1 N–H and O–H groups in total. The molecule has 0 spiro atoms. The molecule has 0 radical (unpaired) electrons. The number of morpholine rings is 1. The molecule has 4 nitrogen and oxygen atoms in total. The summed E-state index contributed by atoms with van der Waals surface area (Å²) in [4.78, 5) is 5.14. The van der Waals surface area contributed by atoms with E-state index in [2.05, 4.69) is 35.9 Å². The highest BCUT2D eigenvalue weighted by Crippen LogP contribution is 2.14. The summed E-state index contributed by atoms with van der Waals surface area (Å²) in [7, 11) is 0. The zero-order chi connectivity index (χ0) is 13.0. The second-order valence-electron chi connectivity index (χ2n) is 6.45. The van der Waals surface area contributed by atoms with Crippen molar-refractivity contribution in [3.05, 3.63) is 0 Å². The quantitative estimate of drug-likeness (QED) is 0.806. The van der Waals surface area contributed by atoms with Gasteiger partial charge in [0.1, 0.15) is 0 Å². The molecule has 2 fully saturated rings. The average molecular weight is 255 g/mol. The minimum Gasteiger partial charge on any atom is -0.379 e. The smallest absolute Gasteiger partial charge is 0.0594 e. The third kappa shape index (κ3) is 4.50. The van der Waals surface area contributed by atoms with Crippen LogP contribution in [-0.2, 0) is 4.74 Å². The predicted molar refractivity (Wildman–Crippen MR) is 75.0 cm³/mol. The summed E-state index contributed by atoms with van der Waals surface area (Å²) < 4.78 is 5.39. The van der Waals surface area contributed by atoms with Gasteiger partial charge < -0.3 is 15.0 Å². The Hall–Kier alpha value is -0.160. The normalized spacial score (nSPS) is 31.2. The fraction of sp³-hybridized carbons (Fsp3) is 1.00. The van der Waals surface area contributed by atoms with Gasteiger partial charge in [-0.3, -0.25) is 4.90 Å². The van der Waals surface area contributed by atoms with Crippen LogP contribution in [0.5, 0.6) is 0 Å². The Bertz CT molecular complexity index is 251. The van der Waals surface area contributed by atoms with E-state index in [4.69, 9.17) is 4.74 Å². The molecule has 0 aliphatic carbocycles. The molecule has 0 aromatic heterocycles. The van der Waals surface area contributed by atoms with Gasteiger partial charge in [-0.05, 0) is 33.7 Å². The van der Waals surface area contributed by atoms with E-state index < -0.39 is 0 Å². The molecular weight excluding hydrogens is 226 g/mol. The molecule has 2 saturated heterocycles. The maximum Gasteiger partial charge on any atom is 0.0594 e. The molecule has 2 aliphatic rings. The highest BCUT2D eigenvalue weighted by atomic mass is 16.5. The first kappa shape index (κ1) is 14.3. The number of rotatable bonds is 3. The number of ether oxygens (including phenoxy) is 1. The van der Waals surface area contributed by atoms with Crippen molar-refractivity contribution in [1.82, 2.24) is 15.1 Å². The summed E-state index contributed by atoms with van der Waals surface area (Å²) in [6.45, 7) is 15.7. The van der Waals surface area contributed by atoms with E-state index in [-0.39, 0.29) is 5.54 Å². The minimum atomic E-state index is 0.237. The van der Waals surface area contributed by atoms with E-state index in [0.29, 0.717) is 6.04 Å². The molecule has 0 saturated carbocycles. The lowest BCUT2D eigenvalue weighted by atomic mass is 10.0. The van der Waals surface area contributed by atoms with Crippen molar-refractivity contribution < 1.29 is 4.74 Å². The Kier molecular flexibility index (Phi) is 5.01. The zero-order valence-corrected chi connectivity index (χ0v) is 12.2. The van der Waals surface area contributed by atoms with Crippen molar-refractivity contribution in [3.63, 3.8) is 0 Å². The van der Waals surface area contributed by atoms with Gasteiger partial charge in [0, 0.05) is 44.3 Å². The Balaban J connectivity index is 1.77. The molecule has 1 unspecified atom stereocenters. The second-order valence-corrected chi connectivity index (χ2v) is 6.45. The summed E-state index contributed by atoms with van der Waals surface area (Å²) in [6, 6.07) is 0.633. The van der Waals surface area contributed by atoms with Crippen molar-refractivity contribution in [1.29, 1.82) is 0 Å². The van der Waals surface area contributed by atoms with Crippen LogP contribution < -0.4 is 5.32 Å². The van der Waals surface area contributed by atoms with Crippen LogP contribution in [0.25, 0.3) is 0 Å². The Morgan fingerprint density at radius 3 is 2.50 bits per heavy atom. The molecule has 106 valence electrons. The topological polar surface area (TPSA) is 27.7 Å². The van der Waals surface area contributed by atoms with Crippen LogP contribution in [-0.4, -0.2) is 73.9 Å². The van der Waals surface area contributed by atoms with Gasteiger partial charge in [0.05, 0.1) is 13.2 Å². The molecule has 0 aromatic rings. The van der Waals surface area contributed by atoms with Gasteiger partial charge in [0.15, 0.2) is 0 Å². The summed E-state index contributed by atoms with van der Waals surface area (Å²) in [5.74, 6) is 0. The van der Waals surface area contributed by atoms with Crippen molar-refractivity contribution in [2.75, 3.05) is 52.5 Å². The van der Waals surface area contributed by atoms with E-state index in [9.17, 15) is 0 Å². The molecule has 2 rings (SSSR count). The highest BCUT2D eigenvalue weighted by molar-refractivity contribution is 4.88. The molecule has 0 bridgehead atoms. The van der Waals surface area contributed by atoms with E-state index in [0.717, 1.165) is 32.8 Å². The average Bonchev–Trinajstić information content (AvgIpc) is 2.45. The fourth-order valence-corrected chi connectivity index (χ4v) is 3.10. The first-order chi connectivity index (χ1) is 8.55. The number of nitrogens with zero attached hydrogens (tertiary/aromatic N) is 2. The number of hydrogen-bond donors (Lipinski definition) is 1. The SMILES string of the molecule is CC1CCN(CCN2CCOCC2)CC(C)(C)N1. The first-order valence-corrected chi connectivity index (χ1v) is 7.35. The lowest BCUT2D eigenvalue weighted by Gasteiger charge is -2.33. The summed E-state index contributed by atoms with van der Waals surface area (Å²) in [5, 5.41) is 3.71. The van der Waals surface area contributed by atoms with E-state index in [1.807, 2.05) is 0 Å². The molecule has 18 heavy (non-hydrogen) atoms. The molecular formula is C14H29N3O. The van der Waals surface area contributed by atoms with E-state index in [1.54, 1.807) is 0 Å². The first-order valence-electron chi connectivity index (χ1n) is 7.35. The van der Waals surface area contributed by atoms with Gasteiger partial charge in [0.25, 0.3) is 0 Å².